The van der Waals surface area contributed by atoms with E-state index in [0.717, 1.165) is 21.2 Å². The molecule has 1 unspecified atom stereocenters. The van der Waals surface area contributed by atoms with Crippen LogP contribution in [0.4, 0.5) is 0 Å². The maximum absolute atomic E-state index is 6.03. The predicted molar refractivity (Wildman–Crippen MR) is 91.9 cm³/mol. The lowest BCUT2D eigenvalue weighted by Gasteiger charge is -2.31. The van der Waals surface area contributed by atoms with Crippen molar-refractivity contribution < 1.29 is 4.84 Å². The van der Waals surface area contributed by atoms with Gasteiger partial charge in [0.25, 0.3) is 0 Å². The molecule has 0 amide bonds. The molecule has 3 rings (SSSR count). The molecule has 1 heterocycles. The average molecular weight is 334 g/mol. The lowest BCUT2D eigenvalue weighted by atomic mass is 9.75. The fourth-order valence-corrected chi connectivity index (χ4v) is 3.07. The lowest BCUT2D eigenvalue weighted by Crippen LogP contribution is -2.34. The number of hydrogen-bond donors (Lipinski definition) is 0. The summed E-state index contributed by atoms with van der Waals surface area (Å²) in [5.41, 5.74) is 2.15. The SMILES string of the molecule is CC1(C)C=NOC1C(c1ccc(Cl)cc1)c1ccc(Cl)cc1. The second kappa shape index (κ2) is 5.94. The lowest BCUT2D eigenvalue weighted by molar-refractivity contribution is 0.0249. The highest BCUT2D eigenvalue weighted by Crippen LogP contribution is 2.41. The van der Waals surface area contributed by atoms with Gasteiger partial charge in [0.05, 0.1) is 6.21 Å². The monoisotopic (exact) mass is 333 g/mol. The zero-order chi connectivity index (χ0) is 15.7. The Balaban J connectivity index is 2.06. The molecule has 1 aliphatic rings. The van der Waals surface area contributed by atoms with Gasteiger partial charge in [-0.2, -0.15) is 0 Å². The molecule has 4 heteroatoms. The van der Waals surface area contributed by atoms with Crippen molar-refractivity contribution in [3.8, 4) is 0 Å². The van der Waals surface area contributed by atoms with Crippen molar-refractivity contribution in [1.29, 1.82) is 0 Å². The summed E-state index contributed by atoms with van der Waals surface area (Å²) in [6, 6.07) is 15.8. The zero-order valence-corrected chi connectivity index (χ0v) is 14.0. The van der Waals surface area contributed by atoms with Gasteiger partial charge in [-0.1, -0.05) is 66.5 Å². The minimum atomic E-state index is -0.149. The van der Waals surface area contributed by atoms with Crippen molar-refractivity contribution in [2.45, 2.75) is 25.9 Å². The molecule has 0 radical (unpaired) electrons. The zero-order valence-electron chi connectivity index (χ0n) is 12.5. The molecule has 0 fully saturated rings. The summed E-state index contributed by atoms with van der Waals surface area (Å²) in [7, 11) is 0. The van der Waals surface area contributed by atoms with Crippen LogP contribution in [0.5, 0.6) is 0 Å². The Bertz CT molecular complexity index is 632. The highest BCUT2D eigenvalue weighted by atomic mass is 35.5. The van der Waals surface area contributed by atoms with Gasteiger partial charge in [0, 0.05) is 21.4 Å². The Morgan fingerprint density at radius 2 is 1.36 bits per heavy atom. The van der Waals surface area contributed by atoms with Crippen molar-refractivity contribution in [3.63, 3.8) is 0 Å². The third-order valence-corrected chi connectivity index (χ3v) is 4.56. The quantitative estimate of drug-likeness (QED) is 0.722. The first-order chi connectivity index (χ1) is 10.5. The van der Waals surface area contributed by atoms with E-state index in [0.29, 0.717) is 0 Å². The molecule has 2 aromatic carbocycles. The maximum Gasteiger partial charge on any atom is 0.148 e. The van der Waals surface area contributed by atoms with Crippen LogP contribution in [0.3, 0.4) is 0 Å². The van der Waals surface area contributed by atoms with Crippen LogP contribution in [0.1, 0.15) is 30.9 Å². The number of oxime groups is 1. The number of halogens is 2. The van der Waals surface area contributed by atoms with Crippen LogP contribution in [0.25, 0.3) is 0 Å². The largest absolute Gasteiger partial charge is 0.391 e. The number of rotatable bonds is 3. The molecule has 0 saturated carbocycles. The van der Waals surface area contributed by atoms with Gasteiger partial charge in [0.1, 0.15) is 6.10 Å². The van der Waals surface area contributed by atoms with E-state index in [4.69, 9.17) is 28.0 Å². The van der Waals surface area contributed by atoms with Crippen LogP contribution < -0.4 is 0 Å². The molecular weight excluding hydrogens is 317 g/mol. The van der Waals surface area contributed by atoms with Gasteiger partial charge in [-0.15, -0.1) is 0 Å². The molecule has 2 aromatic rings. The van der Waals surface area contributed by atoms with E-state index in [-0.39, 0.29) is 17.4 Å². The fourth-order valence-electron chi connectivity index (χ4n) is 2.81. The molecule has 0 aliphatic carbocycles. The van der Waals surface area contributed by atoms with Gasteiger partial charge in [-0.3, -0.25) is 0 Å². The molecule has 114 valence electrons. The first kappa shape index (κ1) is 15.4. The predicted octanol–water partition coefficient (Wildman–Crippen LogP) is 5.54. The normalized spacial score (nSPS) is 19.4. The summed E-state index contributed by atoms with van der Waals surface area (Å²) in [6.07, 6.45) is 1.80. The second-order valence-electron chi connectivity index (χ2n) is 6.16. The molecule has 22 heavy (non-hydrogen) atoms. The van der Waals surface area contributed by atoms with E-state index in [1.54, 1.807) is 0 Å². The van der Waals surface area contributed by atoms with Gasteiger partial charge in [-0.05, 0) is 35.4 Å². The maximum atomic E-state index is 6.03. The van der Waals surface area contributed by atoms with E-state index >= 15 is 0 Å². The summed E-state index contributed by atoms with van der Waals surface area (Å²) in [4.78, 5) is 5.70. The molecular formula is C18H17Cl2NO. The van der Waals surface area contributed by atoms with Crippen LogP contribution in [0.15, 0.2) is 53.7 Å². The van der Waals surface area contributed by atoms with E-state index in [1.807, 2.05) is 54.7 Å². The van der Waals surface area contributed by atoms with Crippen molar-refractivity contribution in [2.75, 3.05) is 0 Å². The third kappa shape index (κ3) is 2.99. The van der Waals surface area contributed by atoms with Gasteiger partial charge in [-0.25, -0.2) is 0 Å². The number of benzene rings is 2. The molecule has 0 N–H and O–H groups in total. The minimum absolute atomic E-state index is 0.0621. The van der Waals surface area contributed by atoms with E-state index in [2.05, 4.69) is 19.0 Å². The van der Waals surface area contributed by atoms with Crippen LogP contribution in [-0.4, -0.2) is 12.3 Å². The van der Waals surface area contributed by atoms with Crippen LogP contribution in [0, 0.1) is 5.41 Å². The van der Waals surface area contributed by atoms with Crippen molar-refractivity contribution >= 4 is 29.4 Å². The topological polar surface area (TPSA) is 21.6 Å². The van der Waals surface area contributed by atoms with Gasteiger partial charge in [0.15, 0.2) is 0 Å². The smallest absolute Gasteiger partial charge is 0.148 e. The van der Waals surface area contributed by atoms with Crippen molar-refractivity contribution in [1.82, 2.24) is 0 Å². The molecule has 0 aromatic heterocycles. The summed E-state index contributed by atoms with van der Waals surface area (Å²) in [5, 5.41) is 5.49. The van der Waals surface area contributed by atoms with Gasteiger partial charge >= 0.3 is 0 Å². The standard InChI is InChI=1S/C18H17Cl2NO/c1-18(2)11-21-22-17(18)16(12-3-7-14(19)8-4-12)13-5-9-15(20)10-6-13/h3-11,16-17H,1-2H3. The Hall–Kier alpha value is -1.51. The molecule has 1 atom stereocenters. The summed E-state index contributed by atoms with van der Waals surface area (Å²) < 4.78 is 0. The Kier molecular flexibility index (Phi) is 4.16. The molecule has 0 saturated heterocycles. The number of nitrogens with zero attached hydrogens (tertiary/aromatic N) is 1. The van der Waals surface area contributed by atoms with E-state index in [1.165, 1.54) is 0 Å². The highest BCUT2D eigenvalue weighted by molar-refractivity contribution is 6.30. The molecule has 0 bridgehead atoms. The first-order valence-electron chi connectivity index (χ1n) is 7.19. The van der Waals surface area contributed by atoms with Gasteiger partial charge < -0.3 is 4.84 Å². The Morgan fingerprint density at radius 1 is 0.909 bits per heavy atom. The van der Waals surface area contributed by atoms with Crippen LogP contribution >= 0.6 is 23.2 Å². The second-order valence-corrected chi connectivity index (χ2v) is 7.04. The van der Waals surface area contributed by atoms with Crippen molar-refractivity contribution in [2.24, 2.45) is 10.6 Å². The fraction of sp³-hybridized carbons (Fsp3) is 0.278. The Labute approximate surface area is 140 Å². The number of hydrogen-bond acceptors (Lipinski definition) is 2. The Morgan fingerprint density at radius 3 is 1.73 bits per heavy atom. The molecule has 2 nitrogen and oxygen atoms in total. The van der Waals surface area contributed by atoms with Crippen LogP contribution in [0.2, 0.25) is 10.0 Å². The highest BCUT2D eigenvalue weighted by Gasteiger charge is 2.42. The van der Waals surface area contributed by atoms with E-state index in [9.17, 15) is 0 Å². The minimum Gasteiger partial charge on any atom is -0.391 e. The third-order valence-electron chi connectivity index (χ3n) is 4.05. The van der Waals surface area contributed by atoms with Gasteiger partial charge in [0.2, 0.25) is 0 Å². The average Bonchev–Trinajstić information content (AvgIpc) is 2.83. The first-order valence-corrected chi connectivity index (χ1v) is 7.94. The van der Waals surface area contributed by atoms with Crippen molar-refractivity contribution in [3.05, 3.63) is 69.7 Å². The molecule has 0 spiro atoms. The summed E-state index contributed by atoms with van der Waals surface area (Å²) in [5.74, 6) is 0.0621. The molecule has 1 aliphatic heterocycles. The summed E-state index contributed by atoms with van der Waals surface area (Å²) >= 11 is 12.1. The van der Waals surface area contributed by atoms with Crippen LogP contribution in [-0.2, 0) is 4.84 Å². The summed E-state index contributed by atoms with van der Waals surface area (Å²) in [6.45, 7) is 4.26. The van der Waals surface area contributed by atoms with E-state index < -0.39 is 0 Å².